The number of nitrogens with one attached hydrogen (secondary N) is 1. The van der Waals surface area contributed by atoms with Crippen molar-refractivity contribution in [1.82, 2.24) is 10.2 Å². The van der Waals surface area contributed by atoms with E-state index in [9.17, 15) is 18.0 Å². The van der Waals surface area contributed by atoms with Gasteiger partial charge in [0, 0.05) is 25.6 Å². The zero-order valence-electron chi connectivity index (χ0n) is 13.9. The Morgan fingerprint density at radius 1 is 1.38 bits per heavy atom. The van der Waals surface area contributed by atoms with Crippen LogP contribution in [0.5, 0.6) is 0 Å². The number of piperidine rings is 1. The molecule has 0 radical (unpaired) electrons. The third kappa shape index (κ3) is 4.33. The zero-order chi connectivity index (χ0) is 17.9. The molecule has 132 valence electrons. The molecule has 1 saturated heterocycles. The van der Waals surface area contributed by atoms with Crippen LogP contribution in [-0.4, -0.2) is 44.3 Å². The number of sulfonamides is 1. The van der Waals surface area contributed by atoms with Crippen molar-refractivity contribution in [2.45, 2.75) is 44.0 Å². The molecule has 0 aromatic heterocycles. The van der Waals surface area contributed by atoms with E-state index >= 15 is 0 Å². The first-order chi connectivity index (χ1) is 11.2. The summed E-state index contributed by atoms with van der Waals surface area (Å²) in [6.07, 6.45) is 2.39. The number of hydrogen-bond acceptors (Lipinski definition) is 4. The van der Waals surface area contributed by atoms with Gasteiger partial charge >= 0.3 is 0 Å². The smallest absolute Gasteiger partial charge is 0.252 e. The summed E-state index contributed by atoms with van der Waals surface area (Å²) in [6.45, 7) is 4.56. The molecule has 1 aromatic carbocycles. The minimum atomic E-state index is -3.99. The van der Waals surface area contributed by atoms with Gasteiger partial charge in [-0.05, 0) is 38.8 Å². The lowest BCUT2D eigenvalue weighted by Crippen LogP contribution is -2.47. The van der Waals surface area contributed by atoms with Gasteiger partial charge < -0.3 is 10.2 Å². The van der Waals surface area contributed by atoms with Crippen LogP contribution in [0, 0.1) is 6.92 Å². The summed E-state index contributed by atoms with van der Waals surface area (Å²) in [5, 5.41) is 7.88. The molecule has 0 saturated carbocycles. The highest BCUT2D eigenvalue weighted by atomic mass is 32.2. The molecule has 24 heavy (non-hydrogen) atoms. The summed E-state index contributed by atoms with van der Waals surface area (Å²) in [6, 6.07) is 4.26. The average molecular weight is 353 g/mol. The standard InChI is InChI=1S/C16H23N3O4S/c1-11-6-7-14(24(17,22)23)13(9-11)16(21)18-10-12(2)19-8-4-3-5-15(19)20/h6-7,9,12H,3-5,8,10H2,1-2H3,(H,18,21)(H2,17,22,23)/t12-/m0/s1. The Hall–Kier alpha value is -1.93. The van der Waals surface area contributed by atoms with Crippen LogP contribution in [0.4, 0.5) is 0 Å². The number of benzene rings is 1. The topological polar surface area (TPSA) is 110 Å². The van der Waals surface area contributed by atoms with Crippen molar-refractivity contribution in [3.63, 3.8) is 0 Å². The molecular weight excluding hydrogens is 330 g/mol. The van der Waals surface area contributed by atoms with Gasteiger partial charge in [0.25, 0.3) is 5.91 Å². The van der Waals surface area contributed by atoms with Crippen LogP contribution >= 0.6 is 0 Å². The number of carbonyl (C=O) groups excluding carboxylic acids is 2. The van der Waals surface area contributed by atoms with E-state index in [1.165, 1.54) is 12.1 Å². The van der Waals surface area contributed by atoms with Gasteiger partial charge in [-0.2, -0.15) is 0 Å². The van der Waals surface area contributed by atoms with Crippen LogP contribution < -0.4 is 10.5 Å². The fraction of sp³-hybridized carbons (Fsp3) is 0.500. The number of hydrogen-bond donors (Lipinski definition) is 2. The van der Waals surface area contributed by atoms with Crippen molar-refractivity contribution in [2.24, 2.45) is 5.14 Å². The van der Waals surface area contributed by atoms with E-state index < -0.39 is 15.9 Å². The number of nitrogens with zero attached hydrogens (tertiary/aromatic N) is 1. The summed E-state index contributed by atoms with van der Waals surface area (Å²) in [7, 11) is -3.99. The third-order valence-electron chi connectivity index (χ3n) is 4.14. The first kappa shape index (κ1) is 18.4. The number of amides is 2. The molecule has 1 aliphatic rings. The van der Waals surface area contributed by atoms with Gasteiger partial charge in [-0.25, -0.2) is 13.6 Å². The van der Waals surface area contributed by atoms with E-state index in [4.69, 9.17) is 5.14 Å². The number of carbonyl (C=O) groups is 2. The Kier molecular flexibility index (Phi) is 5.61. The maximum atomic E-state index is 12.4. The SMILES string of the molecule is Cc1ccc(S(N)(=O)=O)c(C(=O)NC[C@H](C)N2CCCCC2=O)c1. The van der Waals surface area contributed by atoms with Crippen molar-refractivity contribution in [3.8, 4) is 0 Å². The molecule has 0 aliphatic carbocycles. The van der Waals surface area contributed by atoms with Crippen LogP contribution in [-0.2, 0) is 14.8 Å². The highest BCUT2D eigenvalue weighted by Gasteiger charge is 2.24. The molecule has 2 amide bonds. The molecule has 1 heterocycles. The quantitative estimate of drug-likeness (QED) is 0.815. The van der Waals surface area contributed by atoms with Gasteiger partial charge in [0.15, 0.2) is 0 Å². The van der Waals surface area contributed by atoms with E-state index in [1.54, 1.807) is 17.9 Å². The molecule has 7 nitrogen and oxygen atoms in total. The molecule has 1 atom stereocenters. The summed E-state index contributed by atoms with van der Waals surface area (Å²) in [5.74, 6) is -0.428. The fourth-order valence-corrected chi connectivity index (χ4v) is 3.52. The average Bonchev–Trinajstić information content (AvgIpc) is 2.51. The minimum Gasteiger partial charge on any atom is -0.350 e. The maximum Gasteiger partial charge on any atom is 0.252 e. The second-order valence-electron chi connectivity index (χ2n) is 6.15. The van der Waals surface area contributed by atoms with Crippen molar-refractivity contribution < 1.29 is 18.0 Å². The number of primary sulfonamides is 1. The molecule has 0 unspecified atom stereocenters. The lowest BCUT2D eigenvalue weighted by atomic mass is 10.1. The van der Waals surface area contributed by atoms with Gasteiger partial charge in [0.1, 0.15) is 0 Å². The van der Waals surface area contributed by atoms with Crippen LogP contribution in [0.25, 0.3) is 0 Å². The summed E-state index contributed by atoms with van der Waals surface area (Å²) < 4.78 is 23.3. The van der Waals surface area contributed by atoms with Crippen LogP contribution in [0.15, 0.2) is 23.1 Å². The zero-order valence-corrected chi connectivity index (χ0v) is 14.7. The Morgan fingerprint density at radius 2 is 2.08 bits per heavy atom. The summed E-state index contributed by atoms with van der Waals surface area (Å²) in [4.78, 5) is 25.8. The Morgan fingerprint density at radius 3 is 2.71 bits per heavy atom. The summed E-state index contributed by atoms with van der Waals surface area (Å²) in [5.41, 5.74) is 0.779. The molecule has 1 aromatic rings. The van der Waals surface area contributed by atoms with Crippen molar-refractivity contribution in [3.05, 3.63) is 29.3 Å². The lowest BCUT2D eigenvalue weighted by molar-refractivity contribution is -0.135. The van der Waals surface area contributed by atoms with E-state index in [2.05, 4.69) is 5.32 Å². The predicted molar refractivity (Wildman–Crippen MR) is 89.9 cm³/mol. The third-order valence-corrected chi connectivity index (χ3v) is 5.11. The predicted octanol–water partition coefficient (Wildman–Crippen LogP) is 0.773. The Labute approximate surface area is 142 Å². The second kappa shape index (κ2) is 7.31. The molecule has 3 N–H and O–H groups in total. The molecule has 1 aliphatic heterocycles. The van der Waals surface area contributed by atoms with Crippen molar-refractivity contribution >= 4 is 21.8 Å². The number of likely N-dealkylation sites (tertiary alicyclic amines) is 1. The molecule has 0 bridgehead atoms. The molecule has 0 spiro atoms. The molecular formula is C16H23N3O4S. The molecule has 2 rings (SSSR count). The number of aryl methyl sites for hydroxylation is 1. The van der Waals surface area contributed by atoms with E-state index in [0.29, 0.717) is 13.0 Å². The fourth-order valence-electron chi connectivity index (χ4n) is 2.81. The first-order valence-corrected chi connectivity index (χ1v) is 9.46. The van der Waals surface area contributed by atoms with Gasteiger partial charge in [-0.1, -0.05) is 11.6 Å². The van der Waals surface area contributed by atoms with Crippen LogP contribution in [0.3, 0.4) is 0 Å². The number of nitrogens with two attached hydrogens (primary N) is 1. The second-order valence-corrected chi connectivity index (χ2v) is 7.68. The van der Waals surface area contributed by atoms with Gasteiger partial charge in [-0.15, -0.1) is 0 Å². The van der Waals surface area contributed by atoms with E-state index in [-0.39, 0.29) is 29.0 Å². The molecule has 1 fully saturated rings. The van der Waals surface area contributed by atoms with E-state index in [1.807, 2.05) is 6.92 Å². The van der Waals surface area contributed by atoms with Gasteiger partial charge in [0.2, 0.25) is 15.9 Å². The van der Waals surface area contributed by atoms with Crippen LogP contribution in [0.2, 0.25) is 0 Å². The maximum absolute atomic E-state index is 12.4. The highest BCUT2D eigenvalue weighted by molar-refractivity contribution is 7.89. The van der Waals surface area contributed by atoms with Crippen molar-refractivity contribution in [1.29, 1.82) is 0 Å². The largest absolute Gasteiger partial charge is 0.350 e. The first-order valence-electron chi connectivity index (χ1n) is 7.91. The lowest BCUT2D eigenvalue weighted by Gasteiger charge is -2.32. The van der Waals surface area contributed by atoms with Gasteiger partial charge in [0.05, 0.1) is 10.5 Å². The minimum absolute atomic E-state index is 0.0228. The van der Waals surface area contributed by atoms with Crippen molar-refractivity contribution in [2.75, 3.05) is 13.1 Å². The van der Waals surface area contributed by atoms with Gasteiger partial charge in [-0.3, -0.25) is 9.59 Å². The summed E-state index contributed by atoms with van der Waals surface area (Å²) >= 11 is 0. The molecule has 8 heteroatoms. The monoisotopic (exact) mass is 353 g/mol. The highest BCUT2D eigenvalue weighted by Crippen LogP contribution is 2.17. The van der Waals surface area contributed by atoms with Crippen LogP contribution in [0.1, 0.15) is 42.1 Å². The van der Waals surface area contributed by atoms with E-state index in [0.717, 1.165) is 18.4 Å². The number of rotatable bonds is 5. The Bertz CT molecular complexity index is 746. The Balaban J connectivity index is 2.10. The normalized spacial score (nSPS) is 16.8.